The molecule has 0 saturated carbocycles. The van der Waals surface area contributed by atoms with Crippen LogP contribution in [0.1, 0.15) is 6.92 Å². The molecule has 0 fully saturated rings. The summed E-state index contributed by atoms with van der Waals surface area (Å²) in [6.45, 7) is 1.49. The number of nitrogens with one attached hydrogen (secondary N) is 1. The Morgan fingerprint density at radius 1 is 1.30 bits per heavy atom. The molecule has 0 radical (unpaired) electrons. The molecule has 0 aliphatic rings. The molecule has 1 aromatic rings. The maximum Gasteiger partial charge on any atom is 0.331 e. The molecule has 0 aliphatic heterocycles. The zero-order valence-electron chi connectivity index (χ0n) is 11.5. The van der Waals surface area contributed by atoms with E-state index in [-0.39, 0.29) is 6.61 Å². The van der Waals surface area contributed by atoms with Gasteiger partial charge in [-0.05, 0) is 19.1 Å². The van der Waals surface area contributed by atoms with Crippen molar-refractivity contribution in [3.8, 4) is 5.75 Å². The summed E-state index contributed by atoms with van der Waals surface area (Å²) in [5.41, 5.74) is 0.579. The second kappa shape index (κ2) is 8.53. The first kappa shape index (κ1) is 15.5. The quantitative estimate of drug-likeness (QED) is 0.491. The summed E-state index contributed by atoms with van der Waals surface area (Å²) >= 11 is 0. The highest BCUT2D eigenvalue weighted by Gasteiger charge is 2.05. The average molecular weight is 275 g/mol. The van der Waals surface area contributed by atoms with Crippen LogP contribution in [-0.2, 0) is 14.3 Å². The predicted molar refractivity (Wildman–Crippen MR) is 76.5 cm³/mol. The fourth-order valence-electron chi connectivity index (χ4n) is 1.33. The Bertz CT molecular complexity index is 520. The van der Waals surface area contributed by atoms with Crippen molar-refractivity contribution in [3.05, 3.63) is 48.6 Å². The van der Waals surface area contributed by atoms with Crippen LogP contribution in [0.4, 0.5) is 5.69 Å². The molecule has 20 heavy (non-hydrogen) atoms. The molecule has 0 bridgehead atoms. The minimum absolute atomic E-state index is 0.337. The summed E-state index contributed by atoms with van der Waals surface area (Å²) in [7, 11) is 1.54. The molecular weight excluding hydrogens is 258 g/mol. The fourth-order valence-corrected chi connectivity index (χ4v) is 1.33. The number of ether oxygens (including phenoxy) is 2. The van der Waals surface area contributed by atoms with Gasteiger partial charge in [0.05, 0.1) is 7.11 Å². The number of carbonyl (C=O) groups excluding carboxylic acids is 2. The van der Waals surface area contributed by atoms with E-state index in [0.29, 0.717) is 11.4 Å². The number of esters is 1. The third-order valence-electron chi connectivity index (χ3n) is 2.23. The number of carbonyl (C=O) groups is 2. The molecule has 0 aromatic heterocycles. The standard InChI is InChI=1S/C15H17NO4/c1-3-4-5-9-15(18)20-11-14(17)16-12-7-6-8-13(10-12)19-2/h3-10H,11H2,1-2H3,(H,16,17)/b4-3+,9-5+. The Morgan fingerprint density at radius 3 is 2.80 bits per heavy atom. The van der Waals surface area contributed by atoms with E-state index in [1.807, 2.05) is 6.92 Å². The summed E-state index contributed by atoms with van der Waals surface area (Å²) in [5.74, 6) is -0.344. The number of hydrogen-bond donors (Lipinski definition) is 1. The van der Waals surface area contributed by atoms with E-state index >= 15 is 0 Å². The predicted octanol–water partition coefficient (Wildman–Crippen LogP) is 2.31. The topological polar surface area (TPSA) is 64.6 Å². The van der Waals surface area contributed by atoms with Crippen LogP contribution >= 0.6 is 0 Å². The zero-order chi connectivity index (χ0) is 14.8. The Morgan fingerprint density at radius 2 is 2.10 bits per heavy atom. The monoisotopic (exact) mass is 275 g/mol. The van der Waals surface area contributed by atoms with Crippen molar-refractivity contribution in [1.82, 2.24) is 0 Å². The van der Waals surface area contributed by atoms with E-state index in [9.17, 15) is 9.59 Å². The third-order valence-corrected chi connectivity index (χ3v) is 2.23. The van der Waals surface area contributed by atoms with Gasteiger partial charge in [0.2, 0.25) is 0 Å². The van der Waals surface area contributed by atoms with E-state index in [4.69, 9.17) is 9.47 Å². The molecule has 0 saturated heterocycles. The van der Waals surface area contributed by atoms with E-state index < -0.39 is 11.9 Å². The number of amides is 1. The molecule has 106 valence electrons. The minimum Gasteiger partial charge on any atom is -0.497 e. The van der Waals surface area contributed by atoms with Gasteiger partial charge >= 0.3 is 5.97 Å². The number of rotatable bonds is 6. The van der Waals surface area contributed by atoms with Crippen LogP contribution in [0.15, 0.2) is 48.6 Å². The normalized spacial score (nSPS) is 10.7. The van der Waals surface area contributed by atoms with Gasteiger partial charge in [-0.25, -0.2) is 4.79 Å². The van der Waals surface area contributed by atoms with Crippen LogP contribution in [0.2, 0.25) is 0 Å². The van der Waals surface area contributed by atoms with Crippen molar-refractivity contribution in [3.63, 3.8) is 0 Å². The van der Waals surface area contributed by atoms with Crippen molar-refractivity contribution < 1.29 is 19.1 Å². The van der Waals surface area contributed by atoms with Gasteiger partial charge < -0.3 is 14.8 Å². The summed E-state index contributed by atoms with van der Waals surface area (Å²) in [6.07, 6.45) is 6.26. The lowest BCUT2D eigenvalue weighted by Gasteiger charge is -2.06. The molecule has 0 atom stereocenters. The molecular formula is C15H17NO4. The third kappa shape index (κ3) is 5.86. The molecule has 1 amide bonds. The molecule has 0 aliphatic carbocycles. The van der Waals surface area contributed by atoms with Crippen LogP contribution in [0, 0.1) is 0 Å². The number of allylic oxidation sites excluding steroid dienone is 3. The smallest absolute Gasteiger partial charge is 0.331 e. The van der Waals surface area contributed by atoms with Gasteiger partial charge in [0.1, 0.15) is 5.75 Å². The molecule has 0 heterocycles. The second-order valence-corrected chi connectivity index (χ2v) is 3.77. The van der Waals surface area contributed by atoms with Crippen LogP contribution in [-0.4, -0.2) is 25.6 Å². The van der Waals surface area contributed by atoms with Gasteiger partial charge in [-0.15, -0.1) is 0 Å². The van der Waals surface area contributed by atoms with E-state index in [1.165, 1.54) is 6.08 Å². The van der Waals surface area contributed by atoms with Gasteiger partial charge in [-0.2, -0.15) is 0 Å². The largest absolute Gasteiger partial charge is 0.497 e. The number of methoxy groups -OCH3 is 1. The van der Waals surface area contributed by atoms with E-state index in [1.54, 1.807) is 49.6 Å². The lowest BCUT2D eigenvalue weighted by Crippen LogP contribution is -2.20. The lowest BCUT2D eigenvalue weighted by atomic mass is 10.3. The Kier molecular flexibility index (Phi) is 6.61. The van der Waals surface area contributed by atoms with Crippen molar-refractivity contribution in [2.24, 2.45) is 0 Å². The van der Waals surface area contributed by atoms with Crippen LogP contribution in [0.5, 0.6) is 5.75 Å². The minimum atomic E-state index is -0.566. The average Bonchev–Trinajstić information content (AvgIpc) is 2.45. The number of hydrogen-bond acceptors (Lipinski definition) is 4. The van der Waals surface area contributed by atoms with E-state index in [0.717, 1.165) is 0 Å². The van der Waals surface area contributed by atoms with Gasteiger partial charge in [0.15, 0.2) is 6.61 Å². The second-order valence-electron chi connectivity index (χ2n) is 3.77. The first-order chi connectivity index (χ1) is 9.65. The number of benzene rings is 1. The molecule has 0 unspecified atom stereocenters. The van der Waals surface area contributed by atoms with Crippen LogP contribution in [0.3, 0.4) is 0 Å². The molecule has 1 aromatic carbocycles. The van der Waals surface area contributed by atoms with Crippen molar-refractivity contribution in [2.45, 2.75) is 6.92 Å². The Labute approximate surface area is 117 Å². The number of anilines is 1. The highest BCUT2D eigenvalue weighted by atomic mass is 16.5. The highest BCUT2D eigenvalue weighted by Crippen LogP contribution is 2.16. The molecule has 1 rings (SSSR count). The lowest BCUT2D eigenvalue weighted by molar-refractivity contribution is -0.142. The van der Waals surface area contributed by atoms with Crippen LogP contribution in [0.25, 0.3) is 0 Å². The Balaban J connectivity index is 2.41. The van der Waals surface area contributed by atoms with Gasteiger partial charge in [-0.1, -0.05) is 24.3 Å². The van der Waals surface area contributed by atoms with Crippen molar-refractivity contribution >= 4 is 17.6 Å². The molecule has 0 spiro atoms. The summed E-state index contributed by atoms with van der Waals surface area (Å²) < 4.78 is 9.81. The SMILES string of the molecule is C/C=C/C=C/C(=O)OCC(=O)Nc1cccc(OC)c1. The van der Waals surface area contributed by atoms with Crippen LogP contribution < -0.4 is 10.1 Å². The van der Waals surface area contributed by atoms with Gasteiger partial charge in [0, 0.05) is 17.8 Å². The maximum absolute atomic E-state index is 11.6. The first-order valence-corrected chi connectivity index (χ1v) is 6.05. The summed E-state index contributed by atoms with van der Waals surface area (Å²) in [4.78, 5) is 22.8. The Hall–Kier alpha value is -2.56. The molecule has 5 nitrogen and oxygen atoms in total. The molecule has 5 heteroatoms. The van der Waals surface area contributed by atoms with E-state index in [2.05, 4.69) is 5.32 Å². The first-order valence-electron chi connectivity index (χ1n) is 6.05. The zero-order valence-corrected chi connectivity index (χ0v) is 11.5. The van der Waals surface area contributed by atoms with Crippen molar-refractivity contribution in [2.75, 3.05) is 19.0 Å². The summed E-state index contributed by atoms with van der Waals surface area (Å²) in [6, 6.07) is 6.90. The highest BCUT2D eigenvalue weighted by molar-refractivity contribution is 5.93. The molecule has 1 N–H and O–H groups in total. The van der Waals surface area contributed by atoms with Gasteiger partial charge in [0.25, 0.3) is 5.91 Å². The van der Waals surface area contributed by atoms with Crippen molar-refractivity contribution in [1.29, 1.82) is 0 Å². The summed E-state index contributed by atoms with van der Waals surface area (Å²) in [5, 5.41) is 2.61. The van der Waals surface area contributed by atoms with Gasteiger partial charge in [-0.3, -0.25) is 4.79 Å². The maximum atomic E-state index is 11.6. The fraction of sp³-hybridized carbons (Fsp3) is 0.200.